The van der Waals surface area contributed by atoms with Gasteiger partial charge in [-0.15, -0.1) is 0 Å². The fraction of sp³-hybridized carbons (Fsp3) is 0. The van der Waals surface area contributed by atoms with Crippen molar-refractivity contribution in [2.24, 2.45) is 0 Å². The maximum absolute atomic E-state index is 6.88. The van der Waals surface area contributed by atoms with E-state index in [2.05, 4.69) is 169 Å². The van der Waals surface area contributed by atoms with Crippen LogP contribution in [0.4, 0.5) is 17.1 Å². The van der Waals surface area contributed by atoms with E-state index in [0.717, 1.165) is 83.5 Å². The summed E-state index contributed by atoms with van der Waals surface area (Å²) in [6.07, 6.45) is 0. The minimum atomic E-state index is 0.553. The number of oxazole rings is 1. The summed E-state index contributed by atoms with van der Waals surface area (Å²) >= 11 is 0. The zero-order valence-corrected chi connectivity index (χ0v) is 30.8. The zero-order chi connectivity index (χ0) is 37.7. The number of anilines is 3. The van der Waals surface area contributed by atoms with Crippen LogP contribution in [-0.2, 0) is 0 Å². The van der Waals surface area contributed by atoms with Crippen molar-refractivity contribution in [2.45, 2.75) is 0 Å². The summed E-state index contributed by atoms with van der Waals surface area (Å²) < 4.78 is 13.8. The highest BCUT2D eigenvalue weighted by Gasteiger charge is 2.27. The molecule has 4 nitrogen and oxygen atoms in total. The molecular weight excluding hydrogens is 697 g/mol. The normalized spacial score (nSPS) is 11.5. The van der Waals surface area contributed by atoms with E-state index in [4.69, 9.17) is 13.8 Å². The van der Waals surface area contributed by atoms with Gasteiger partial charge < -0.3 is 13.7 Å². The maximum Gasteiger partial charge on any atom is 0.227 e. The second kappa shape index (κ2) is 13.6. The molecule has 0 saturated carbocycles. The Morgan fingerprint density at radius 1 is 0.368 bits per heavy atom. The van der Waals surface area contributed by atoms with Gasteiger partial charge in [0.1, 0.15) is 16.8 Å². The Labute approximate surface area is 329 Å². The molecule has 0 spiro atoms. The minimum Gasteiger partial charge on any atom is -0.454 e. The quantitative estimate of drug-likeness (QED) is 0.164. The highest BCUT2D eigenvalue weighted by molar-refractivity contribution is 6.18. The number of furan rings is 1. The van der Waals surface area contributed by atoms with E-state index in [1.165, 1.54) is 10.8 Å². The fourth-order valence-electron chi connectivity index (χ4n) is 8.22. The molecule has 11 aromatic rings. The van der Waals surface area contributed by atoms with Crippen LogP contribution in [0.15, 0.2) is 215 Å². The summed E-state index contributed by atoms with van der Waals surface area (Å²) in [7, 11) is 0. The monoisotopic (exact) mass is 730 g/mol. The van der Waals surface area contributed by atoms with Crippen LogP contribution in [0.2, 0.25) is 0 Å². The van der Waals surface area contributed by atoms with Gasteiger partial charge in [0.05, 0.1) is 0 Å². The molecule has 268 valence electrons. The first-order chi connectivity index (χ1) is 28.3. The Morgan fingerprint density at radius 3 is 1.81 bits per heavy atom. The number of para-hydroxylation sites is 1. The predicted molar refractivity (Wildman–Crippen MR) is 235 cm³/mol. The van der Waals surface area contributed by atoms with Crippen LogP contribution >= 0.6 is 0 Å². The first-order valence-corrected chi connectivity index (χ1v) is 19.2. The summed E-state index contributed by atoms with van der Waals surface area (Å²) in [5.74, 6) is 0.553. The Bertz CT molecular complexity index is 3230. The van der Waals surface area contributed by atoms with Gasteiger partial charge in [0.2, 0.25) is 5.89 Å². The lowest BCUT2D eigenvalue weighted by Crippen LogP contribution is -2.11. The highest BCUT2D eigenvalue weighted by atomic mass is 16.4. The number of fused-ring (bicyclic) bond motifs is 5. The molecular formula is C53H34N2O2. The molecule has 0 aliphatic heterocycles. The molecule has 0 N–H and O–H groups in total. The van der Waals surface area contributed by atoms with Gasteiger partial charge in [-0.1, -0.05) is 158 Å². The number of rotatable bonds is 7. The second-order valence-electron chi connectivity index (χ2n) is 14.3. The molecule has 0 fully saturated rings. The van der Waals surface area contributed by atoms with Gasteiger partial charge in [-0.05, 0) is 92.7 Å². The van der Waals surface area contributed by atoms with Crippen LogP contribution < -0.4 is 4.90 Å². The van der Waals surface area contributed by atoms with Crippen LogP contribution in [0.25, 0.3) is 88.6 Å². The molecule has 0 unspecified atom stereocenters. The molecule has 0 amide bonds. The van der Waals surface area contributed by atoms with Crippen molar-refractivity contribution in [2.75, 3.05) is 4.90 Å². The Balaban J connectivity index is 1.25. The summed E-state index contributed by atoms with van der Waals surface area (Å²) in [6.45, 7) is 0. The van der Waals surface area contributed by atoms with E-state index in [1.54, 1.807) is 0 Å². The largest absolute Gasteiger partial charge is 0.454 e. The topological polar surface area (TPSA) is 42.4 Å². The lowest BCUT2D eigenvalue weighted by atomic mass is 9.90. The van der Waals surface area contributed by atoms with E-state index >= 15 is 0 Å². The van der Waals surface area contributed by atoms with Crippen LogP contribution in [0.5, 0.6) is 0 Å². The van der Waals surface area contributed by atoms with E-state index in [-0.39, 0.29) is 0 Å². The highest BCUT2D eigenvalue weighted by Crippen LogP contribution is 2.49. The van der Waals surface area contributed by atoms with Crippen LogP contribution in [0.1, 0.15) is 0 Å². The van der Waals surface area contributed by atoms with Crippen molar-refractivity contribution in [1.82, 2.24) is 4.98 Å². The molecule has 0 bridgehead atoms. The standard InChI is InChI=1S/C53H34N2O2/c1-4-16-35(17-5-1)39-24-14-25-40(32-39)55(41-30-31-43(36-18-6-2-7-19-36)46(33-41)44-28-15-23-37-20-10-11-26-42(37)44)50-51-47(45-27-12-13-29-49(45)56-51)34-48-52(50)57-53(54-48)38-21-8-3-9-22-38/h1-34H. The molecule has 0 aliphatic rings. The van der Waals surface area contributed by atoms with E-state index in [1.807, 2.05) is 42.5 Å². The summed E-state index contributed by atoms with van der Waals surface area (Å²) in [5, 5.41) is 4.38. The third-order valence-electron chi connectivity index (χ3n) is 10.9. The van der Waals surface area contributed by atoms with Gasteiger partial charge in [-0.2, -0.15) is 0 Å². The molecule has 0 radical (unpaired) electrons. The SMILES string of the molecule is c1ccc(-c2cccc(N(c3ccc(-c4ccccc4)c(-c4cccc5ccccc45)c3)c3c4oc(-c5ccccc5)nc4cc4c3oc3ccccc34)c2)cc1. The molecule has 57 heavy (non-hydrogen) atoms. The first kappa shape index (κ1) is 32.7. The van der Waals surface area contributed by atoms with Gasteiger partial charge in [0.25, 0.3) is 0 Å². The van der Waals surface area contributed by atoms with E-state index in [9.17, 15) is 0 Å². The molecule has 2 aromatic heterocycles. The van der Waals surface area contributed by atoms with Crippen molar-refractivity contribution < 1.29 is 8.83 Å². The van der Waals surface area contributed by atoms with Crippen molar-refractivity contribution in [3.05, 3.63) is 206 Å². The van der Waals surface area contributed by atoms with Crippen LogP contribution in [0.3, 0.4) is 0 Å². The van der Waals surface area contributed by atoms with Crippen molar-refractivity contribution in [3.8, 4) is 44.8 Å². The molecule has 0 atom stereocenters. The summed E-state index contributed by atoms with van der Waals surface area (Å²) in [4.78, 5) is 7.43. The van der Waals surface area contributed by atoms with Gasteiger partial charge in [-0.25, -0.2) is 4.98 Å². The van der Waals surface area contributed by atoms with Crippen molar-refractivity contribution in [3.63, 3.8) is 0 Å². The van der Waals surface area contributed by atoms with E-state index < -0.39 is 0 Å². The average Bonchev–Trinajstić information content (AvgIpc) is 3.89. The number of hydrogen-bond donors (Lipinski definition) is 0. The molecule has 9 aromatic carbocycles. The third-order valence-corrected chi connectivity index (χ3v) is 10.9. The summed E-state index contributed by atoms with van der Waals surface area (Å²) in [6, 6.07) is 72.2. The van der Waals surface area contributed by atoms with Gasteiger partial charge in [0, 0.05) is 27.7 Å². The Kier molecular flexibility index (Phi) is 7.78. The Hall–Kier alpha value is -7.69. The molecule has 0 aliphatic carbocycles. The average molecular weight is 731 g/mol. The Morgan fingerprint density at radius 2 is 1.00 bits per heavy atom. The molecule has 2 heterocycles. The number of benzene rings is 9. The fourth-order valence-corrected chi connectivity index (χ4v) is 8.22. The first-order valence-electron chi connectivity index (χ1n) is 19.2. The third kappa shape index (κ3) is 5.66. The lowest BCUT2D eigenvalue weighted by molar-refractivity contribution is 0.618. The zero-order valence-electron chi connectivity index (χ0n) is 30.8. The maximum atomic E-state index is 6.88. The smallest absolute Gasteiger partial charge is 0.227 e. The number of aromatic nitrogens is 1. The van der Waals surface area contributed by atoms with Gasteiger partial charge in [-0.3, -0.25) is 0 Å². The molecule has 11 rings (SSSR count). The number of nitrogens with zero attached hydrogens (tertiary/aromatic N) is 2. The molecule has 0 saturated heterocycles. The van der Waals surface area contributed by atoms with Crippen molar-refractivity contribution >= 4 is 60.9 Å². The summed E-state index contributed by atoms with van der Waals surface area (Å²) in [5.41, 5.74) is 13.3. The molecule has 4 heteroatoms. The minimum absolute atomic E-state index is 0.553. The van der Waals surface area contributed by atoms with Gasteiger partial charge in [0.15, 0.2) is 11.2 Å². The van der Waals surface area contributed by atoms with Crippen LogP contribution in [-0.4, -0.2) is 4.98 Å². The van der Waals surface area contributed by atoms with E-state index in [0.29, 0.717) is 11.5 Å². The second-order valence-corrected chi connectivity index (χ2v) is 14.3. The lowest BCUT2D eigenvalue weighted by Gasteiger charge is -2.27. The van der Waals surface area contributed by atoms with Gasteiger partial charge >= 0.3 is 0 Å². The number of hydrogen-bond acceptors (Lipinski definition) is 4. The van der Waals surface area contributed by atoms with Crippen molar-refractivity contribution in [1.29, 1.82) is 0 Å². The van der Waals surface area contributed by atoms with Crippen LogP contribution in [0, 0.1) is 0 Å². The predicted octanol–water partition coefficient (Wildman–Crippen LogP) is 15.0.